The smallest absolute Gasteiger partial charge is 0.303 e. The van der Waals surface area contributed by atoms with E-state index in [1.54, 1.807) is 0 Å². The van der Waals surface area contributed by atoms with Crippen molar-refractivity contribution in [2.45, 2.75) is 38.1 Å². The highest BCUT2D eigenvalue weighted by molar-refractivity contribution is 5.66. The molecule has 3 heteroatoms. The molecule has 1 aliphatic rings. The highest BCUT2D eigenvalue weighted by Gasteiger charge is 2.18. The third-order valence-electron chi connectivity index (χ3n) is 2.61. The summed E-state index contributed by atoms with van der Waals surface area (Å²) in [5, 5.41) is 8.51. The Morgan fingerprint density at radius 2 is 2.33 bits per heavy atom. The molecule has 0 aromatic rings. The summed E-state index contributed by atoms with van der Waals surface area (Å²) in [6.07, 6.45) is 4.82. The quantitative estimate of drug-likeness (QED) is 0.696. The number of carboxylic acid groups (broad SMARTS) is 1. The first-order valence-electron chi connectivity index (χ1n) is 4.62. The van der Waals surface area contributed by atoms with Crippen LogP contribution in [0, 0.1) is 0 Å². The number of nitrogens with zero attached hydrogens (tertiary/aromatic N) is 1. The number of hydrogen-bond donors (Lipinski definition) is 1. The molecule has 70 valence electrons. The lowest BCUT2D eigenvalue weighted by molar-refractivity contribution is -0.137. The molecular weight excluding hydrogens is 154 g/mol. The van der Waals surface area contributed by atoms with Gasteiger partial charge in [-0.2, -0.15) is 0 Å². The van der Waals surface area contributed by atoms with Crippen molar-refractivity contribution in [3.05, 3.63) is 0 Å². The summed E-state index contributed by atoms with van der Waals surface area (Å²) in [6, 6.07) is 0.509. The zero-order valence-corrected chi connectivity index (χ0v) is 7.62. The highest BCUT2D eigenvalue weighted by atomic mass is 16.4. The Hall–Kier alpha value is -0.570. The van der Waals surface area contributed by atoms with E-state index in [-0.39, 0.29) is 0 Å². The number of rotatable bonds is 3. The van der Waals surface area contributed by atoms with Gasteiger partial charge >= 0.3 is 5.97 Å². The van der Waals surface area contributed by atoms with Crippen LogP contribution in [0.2, 0.25) is 0 Å². The van der Waals surface area contributed by atoms with Gasteiger partial charge in [0.15, 0.2) is 0 Å². The van der Waals surface area contributed by atoms with Crippen molar-refractivity contribution in [1.29, 1.82) is 0 Å². The molecule has 0 aromatic heterocycles. The summed E-state index contributed by atoms with van der Waals surface area (Å²) in [7, 11) is 2.09. The predicted molar refractivity (Wildman–Crippen MR) is 47.1 cm³/mol. The van der Waals surface area contributed by atoms with Gasteiger partial charge in [-0.15, -0.1) is 0 Å². The van der Waals surface area contributed by atoms with Crippen LogP contribution in [0.4, 0.5) is 0 Å². The van der Waals surface area contributed by atoms with E-state index in [4.69, 9.17) is 5.11 Å². The lowest BCUT2D eigenvalue weighted by atomic mass is 9.99. The summed E-state index contributed by atoms with van der Waals surface area (Å²) >= 11 is 0. The average molecular weight is 171 g/mol. The highest BCUT2D eigenvalue weighted by Crippen LogP contribution is 2.18. The first kappa shape index (κ1) is 9.52. The van der Waals surface area contributed by atoms with Gasteiger partial charge in [-0.1, -0.05) is 6.42 Å². The maximum absolute atomic E-state index is 10.3. The van der Waals surface area contributed by atoms with E-state index in [1.807, 2.05) is 0 Å². The molecule has 0 spiro atoms. The fraction of sp³-hybridized carbons (Fsp3) is 0.889. The van der Waals surface area contributed by atoms with Crippen molar-refractivity contribution in [1.82, 2.24) is 4.90 Å². The molecule has 0 aromatic carbocycles. The Kier molecular flexibility index (Phi) is 3.53. The van der Waals surface area contributed by atoms with Crippen molar-refractivity contribution < 1.29 is 9.90 Å². The standard InChI is InChI=1S/C9H17NO2/c1-10-7-3-2-4-8(10)5-6-9(11)12/h8H,2-7H2,1H3,(H,11,12)/t8-/m0/s1. The third-order valence-corrected chi connectivity index (χ3v) is 2.61. The maximum Gasteiger partial charge on any atom is 0.303 e. The van der Waals surface area contributed by atoms with Crippen molar-refractivity contribution in [2.75, 3.05) is 13.6 Å². The molecule has 1 atom stereocenters. The van der Waals surface area contributed by atoms with Crippen LogP contribution in [0.1, 0.15) is 32.1 Å². The summed E-state index contributed by atoms with van der Waals surface area (Å²) < 4.78 is 0. The summed E-state index contributed by atoms with van der Waals surface area (Å²) in [6.45, 7) is 1.13. The molecule has 0 bridgehead atoms. The number of hydrogen-bond acceptors (Lipinski definition) is 2. The van der Waals surface area contributed by atoms with Gasteiger partial charge in [0.25, 0.3) is 0 Å². The van der Waals surface area contributed by atoms with Crippen LogP contribution in [0.3, 0.4) is 0 Å². The van der Waals surface area contributed by atoms with Crippen LogP contribution in [-0.2, 0) is 4.79 Å². The largest absolute Gasteiger partial charge is 0.481 e. The first-order valence-corrected chi connectivity index (χ1v) is 4.62. The second-order valence-corrected chi connectivity index (χ2v) is 3.56. The molecule has 1 saturated heterocycles. The van der Waals surface area contributed by atoms with Gasteiger partial charge in [0.1, 0.15) is 0 Å². The molecule has 3 nitrogen and oxygen atoms in total. The van der Waals surface area contributed by atoms with E-state index in [0.717, 1.165) is 13.0 Å². The lowest BCUT2D eigenvalue weighted by Crippen LogP contribution is -2.36. The van der Waals surface area contributed by atoms with Gasteiger partial charge in [-0.3, -0.25) is 4.79 Å². The molecule has 1 aliphatic heterocycles. The summed E-state index contributed by atoms with van der Waals surface area (Å²) in [4.78, 5) is 12.6. The maximum atomic E-state index is 10.3. The van der Waals surface area contributed by atoms with Crippen molar-refractivity contribution >= 4 is 5.97 Å². The van der Waals surface area contributed by atoms with Crippen molar-refractivity contribution in [2.24, 2.45) is 0 Å². The van der Waals surface area contributed by atoms with Gasteiger partial charge in [-0.05, 0) is 32.9 Å². The minimum absolute atomic E-state index is 0.314. The molecule has 1 fully saturated rings. The average Bonchev–Trinajstić information content (AvgIpc) is 2.03. The Bertz CT molecular complexity index is 159. The topological polar surface area (TPSA) is 40.5 Å². The van der Waals surface area contributed by atoms with E-state index in [1.165, 1.54) is 19.3 Å². The first-order chi connectivity index (χ1) is 5.70. The molecule has 0 saturated carbocycles. The lowest BCUT2D eigenvalue weighted by Gasteiger charge is -2.32. The summed E-state index contributed by atoms with van der Waals surface area (Å²) in [5.74, 6) is -0.672. The summed E-state index contributed by atoms with van der Waals surface area (Å²) in [5.41, 5.74) is 0. The van der Waals surface area contributed by atoms with Crippen LogP contribution in [0.15, 0.2) is 0 Å². The third kappa shape index (κ3) is 2.81. The van der Waals surface area contributed by atoms with E-state index in [0.29, 0.717) is 12.5 Å². The Morgan fingerprint density at radius 1 is 1.58 bits per heavy atom. The SMILES string of the molecule is CN1CCCC[C@H]1CCC(=O)O. The second-order valence-electron chi connectivity index (χ2n) is 3.56. The minimum Gasteiger partial charge on any atom is -0.481 e. The Balaban J connectivity index is 2.24. The van der Waals surface area contributed by atoms with E-state index < -0.39 is 5.97 Å². The van der Waals surface area contributed by atoms with Gasteiger partial charge in [0.2, 0.25) is 0 Å². The van der Waals surface area contributed by atoms with Crippen LogP contribution in [-0.4, -0.2) is 35.6 Å². The zero-order chi connectivity index (χ0) is 8.97. The minimum atomic E-state index is -0.672. The molecule has 0 unspecified atom stereocenters. The van der Waals surface area contributed by atoms with E-state index in [9.17, 15) is 4.79 Å². The van der Waals surface area contributed by atoms with Crippen LogP contribution >= 0.6 is 0 Å². The Labute approximate surface area is 73.4 Å². The molecule has 0 radical (unpaired) electrons. The van der Waals surface area contributed by atoms with Crippen LogP contribution in [0.25, 0.3) is 0 Å². The second kappa shape index (κ2) is 4.45. The van der Waals surface area contributed by atoms with Gasteiger partial charge in [0, 0.05) is 12.5 Å². The number of aliphatic carboxylic acids is 1. The molecular formula is C9H17NO2. The number of carbonyl (C=O) groups is 1. The Morgan fingerprint density at radius 3 is 2.92 bits per heavy atom. The van der Waals surface area contributed by atoms with Gasteiger partial charge < -0.3 is 10.0 Å². The zero-order valence-electron chi connectivity index (χ0n) is 7.62. The van der Waals surface area contributed by atoms with Gasteiger partial charge in [0.05, 0.1) is 0 Å². The monoisotopic (exact) mass is 171 g/mol. The predicted octanol–water partition coefficient (Wildman–Crippen LogP) is 1.34. The number of likely N-dealkylation sites (tertiary alicyclic amines) is 1. The molecule has 1 N–H and O–H groups in total. The normalized spacial score (nSPS) is 25.6. The van der Waals surface area contributed by atoms with Crippen molar-refractivity contribution in [3.63, 3.8) is 0 Å². The van der Waals surface area contributed by atoms with Gasteiger partial charge in [-0.25, -0.2) is 0 Å². The van der Waals surface area contributed by atoms with Crippen LogP contribution in [0.5, 0.6) is 0 Å². The molecule has 1 heterocycles. The molecule has 12 heavy (non-hydrogen) atoms. The van der Waals surface area contributed by atoms with Crippen molar-refractivity contribution in [3.8, 4) is 0 Å². The fourth-order valence-electron chi connectivity index (χ4n) is 1.80. The molecule has 0 aliphatic carbocycles. The number of piperidine rings is 1. The fourth-order valence-corrected chi connectivity index (χ4v) is 1.80. The molecule has 0 amide bonds. The van der Waals surface area contributed by atoms with Crippen LogP contribution < -0.4 is 0 Å². The number of carboxylic acids is 1. The molecule has 1 rings (SSSR count). The van der Waals surface area contributed by atoms with E-state index in [2.05, 4.69) is 11.9 Å². The van der Waals surface area contributed by atoms with E-state index >= 15 is 0 Å².